The van der Waals surface area contributed by atoms with Crippen LogP contribution < -0.4 is 0 Å². The second-order valence-corrected chi connectivity index (χ2v) is 8.95. The second kappa shape index (κ2) is 11.6. The fraction of sp³-hybridized carbons (Fsp3) is 0.292. The van der Waals surface area contributed by atoms with Gasteiger partial charge in [-0.2, -0.15) is 39.5 Å². The molecule has 0 fully saturated rings. The predicted octanol–water partition coefficient (Wildman–Crippen LogP) is 7.77. The zero-order valence-corrected chi connectivity index (χ0v) is 20.9. The number of hydrogen-bond donors (Lipinski definition) is 0. The standard InChI is InChI=1S/C24H16Cl2F9N3O/c25-17-9-13(22(27,28)29)11-36-19(17)5-7-38(21(39)15-3-1-2-4-16(15)24(33,34)35)8-6-20-18(26)10-14(12-37-20)23(30,31)32/h1-4,9-12H,5-8H2. The number of alkyl halides is 9. The first-order valence-corrected chi connectivity index (χ1v) is 11.6. The number of carbonyl (C=O) groups excluding carboxylic acids is 1. The lowest BCUT2D eigenvalue weighted by atomic mass is 10.0. The highest BCUT2D eigenvalue weighted by Crippen LogP contribution is 2.34. The number of aromatic nitrogens is 2. The Hall–Kier alpha value is -3.06. The van der Waals surface area contributed by atoms with Crippen LogP contribution in [0.5, 0.6) is 0 Å². The molecule has 0 atom stereocenters. The summed E-state index contributed by atoms with van der Waals surface area (Å²) in [4.78, 5) is 21.5. The van der Waals surface area contributed by atoms with Crippen molar-refractivity contribution < 1.29 is 44.3 Å². The van der Waals surface area contributed by atoms with Crippen LogP contribution in [0.1, 0.15) is 38.4 Å². The van der Waals surface area contributed by atoms with Gasteiger partial charge in [0.15, 0.2) is 0 Å². The van der Waals surface area contributed by atoms with Gasteiger partial charge in [-0.05, 0) is 24.3 Å². The lowest BCUT2D eigenvalue weighted by molar-refractivity contribution is -0.138. The molecular weight excluding hydrogens is 588 g/mol. The van der Waals surface area contributed by atoms with Crippen LogP contribution in [0.15, 0.2) is 48.8 Å². The molecule has 0 saturated heterocycles. The van der Waals surface area contributed by atoms with Crippen molar-refractivity contribution in [2.45, 2.75) is 31.4 Å². The minimum atomic E-state index is -4.88. The Bertz CT molecular complexity index is 1270. The predicted molar refractivity (Wildman–Crippen MR) is 123 cm³/mol. The SMILES string of the molecule is O=C(c1ccccc1C(F)(F)F)N(CCc1ncc(C(F)(F)F)cc1Cl)CCc1ncc(C(F)(F)F)cc1Cl. The van der Waals surface area contributed by atoms with Crippen LogP contribution in [-0.4, -0.2) is 33.9 Å². The molecule has 0 aliphatic heterocycles. The van der Waals surface area contributed by atoms with Crippen molar-refractivity contribution >= 4 is 29.1 Å². The van der Waals surface area contributed by atoms with Crippen molar-refractivity contribution in [2.75, 3.05) is 13.1 Å². The largest absolute Gasteiger partial charge is 0.417 e. The van der Waals surface area contributed by atoms with Gasteiger partial charge in [0.05, 0.1) is 43.7 Å². The van der Waals surface area contributed by atoms with E-state index >= 15 is 0 Å². The Balaban J connectivity index is 1.90. The Morgan fingerprint density at radius 2 is 1.15 bits per heavy atom. The minimum Gasteiger partial charge on any atom is -0.338 e. The molecule has 4 nitrogen and oxygen atoms in total. The maximum atomic E-state index is 13.5. The molecule has 15 heteroatoms. The molecule has 1 aromatic carbocycles. The van der Waals surface area contributed by atoms with Crippen LogP contribution in [0.4, 0.5) is 39.5 Å². The van der Waals surface area contributed by atoms with Gasteiger partial charge in [0.2, 0.25) is 0 Å². The summed E-state index contributed by atoms with van der Waals surface area (Å²) in [5, 5.41) is -0.749. The van der Waals surface area contributed by atoms with Gasteiger partial charge in [-0.1, -0.05) is 35.3 Å². The molecule has 0 spiro atoms. The second-order valence-electron chi connectivity index (χ2n) is 8.14. The highest BCUT2D eigenvalue weighted by Gasteiger charge is 2.36. The molecule has 210 valence electrons. The van der Waals surface area contributed by atoms with E-state index in [-0.39, 0.29) is 47.4 Å². The van der Waals surface area contributed by atoms with Gasteiger partial charge in [0, 0.05) is 38.3 Å². The lowest BCUT2D eigenvalue weighted by Gasteiger charge is -2.25. The number of hydrogen-bond acceptors (Lipinski definition) is 3. The number of rotatable bonds is 7. The van der Waals surface area contributed by atoms with Crippen molar-refractivity contribution in [1.82, 2.24) is 14.9 Å². The van der Waals surface area contributed by atoms with E-state index in [0.717, 1.165) is 17.0 Å². The van der Waals surface area contributed by atoms with Gasteiger partial charge < -0.3 is 4.90 Å². The maximum absolute atomic E-state index is 13.5. The third kappa shape index (κ3) is 7.75. The molecular formula is C24H16Cl2F9N3O. The molecule has 0 unspecified atom stereocenters. The van der Waals surface area contributed by atoms with Crippen LogP contribution in [0.3, 0.4) is 0 Å². The highest BCUT2D eigenvalue weighted by atomic mass is 35.5. The van der Waals surface area contributed by atoms with Gasteiger partial charge in [0.25, 0.3) is 5.91 Å². The number of benzene rings is 1. The topological polar surface area (TPSA) is 46.1 Å². The average Bonchev–Trinajstić information content (AvgIpc) is 2.83. The van der Waals surface area contributed by atoms with E-state index in [1.807, 2.05) is 0 Å². The van der Waals surface area contributed by atoms with Gasteiger partial charge in [-0.15, -0.1) is 0 Å². The van der Waals surface area contributed by atoms with Crippen LogP contribution in [0.25, 0.3) is 0 Å². The molecule has 3 rings (SSSR count). The Morgan fingerprint density at radius 1 is 0.718 bits per heavy atom. The third-order valence-corrected chi connectivity index (χ3v) is 6.13. The van der Waals surface area contributed by atoms with Crippen molar-refractivity contribution in [2.24, 2.45) is 0 Å². The fourth-order valence-electron chi connectivity index (χ4n) is 3.49. The van der Waals surface area contributed by atoms with E-state index in [0.29, 0.717) is 30.6 Å². The summed E-state index contributed by atoms with van der Waals surface area (Å²) in [6.07, 6.45) is -13.8. The highest BCUT2D eigenvalue weighted by molar-refractivity contribution is 6.31. The molecule has 0 aliphatic rings. The number of halogens is 11. The van der Waals surface area contributed by atoms with Crippen molar-refractivity contribution in [3.8, 4) is 0 Å². The van der Waals surface area contributed by atoms with E-state index in [4.69, 9.17) is 23.2 Å². The normalized spacial score (nSPS) is 12.5. The summed E-state index contributed by atoms with van der Waals surface area (Å²) in [6, 6.07) is 5.20. The number of carbonyl (C=O) groups is 1. The van der Waals surface area contributed by atoms with Crippen molar-refractivity contribution in [3.05, 3.63) is 92.5 Å². The van der Waals surface area contributed by atoms with E-state index in [1.165, 1.54) is 6.07 Å². The summed E-state index contributed by atoms with van der Waals surface area (Å²) in [7, 11) is 0. The number of amides is 1. The molecule has 0 aliphatic carbocycles. The Kier molecular flexibility index (Phi) is 9.06. The first-order valence-electron chi connectivity index (χ1n) is 10.9. The molecule has 1 amide bonds. The van der Waals surface area contributed by atoms with Crippen LogP contribution in [-0.2, 0) is 31.4 Å². The quantitative estimate of drug-likeness (QED) is 0.259. The third-order valence-electron chi connectivity index (χ3n) is 5.48. The molecule has 3 aromatic rings. The number of pyridine rings is 2. The molecule has 0 N–H and O–H groups in total. The smallest absolute Gasteiger partial charge is 0.338 e. The van der Waals surface area contributed by atoms with Crippen LogP contribution >= 0.6 is 23.2 Å². The van der Waals surface area contributed by atoms with Gasteiger partial charge >= 0.3 is 18.5 Å². The summed E-state index contributed by atoms with van der Waals surface area (Å²) in [5.74, 6) is -1.09. The maximum Gasteiger partial charge on any atom is 0.417 e. The zero-order valence-electron chi connectivity index (χ0n) is 19.4. The first-order chi connectivity index (χ1) is 18.0. The first kappa shape index (κ1) is 30.5. The van der Waals surface area contributed by atoms with Gasteiger partial charge in [-0.3, -0.25) is 14.8 Å². The molecule has 0 saturated carbocycles. The molecule has 2 aromatic heterocycles. The average molecular weight is 604 g/mol. The summed E-state index contributed by atoms with van der Waals surface area (Å²) < 4.78 is 118. The summed E-state index contributed by atoms with van der Waals surface area (Å²) >= 11 is 11.8. The van der Waals surface area contributed by atoms with Crippen LogP contribution in [0, 0.1) is 0 Å². The minimum absolute atomic E-state index is 0.0581. The lowest BCUT2D eigenvalue weighted by Crippen LogP contribution is -2.36. The fourth-order valence-corrected chi connectivity index (χ4v) is 4.02. The molecule has 39 heavy (non-hydrogen) atoms. The van der Waals surface area contributed by atoms with E-state index in [1.54, 1.807) is 0 Å². The summed E-state index contributed by atoms with van der Waals surface area (Å²) in [6.45, 7) is -0.692. The Morgan fingerprint density at radius 3 is 1.54 bits per heavy atom. The zero-order chi connectivity index (χ0) is 29.2. The number of nitrogens with zero attached hydrogens (tertiary/aromatic N) is 3. The van der Waals surface area contributed by atoms with Crippen LogP contribution in [0.2, 0.25) is 10.0 Å². The van der Waals surface area contributed by atoms with E-state index in [9.17, 15) is 44.3 Å². The molecule has 2 heterocycles. The molecule has 0 radical (unpaired) electrons. The van der Waals surface area contributed by atoms with Gasteiger partial charge in [0.1, 0.15) is 0 Å². The van der Waals surface area contributed by atoms with Crippen molar-refractivity contribution in [3.63, 3.8) is 0 Å². The van der Waals surface area contributed by atoms with Crippen molar-refractivity contribution in [1.29, 1.82) is 0 Å². The van der Waals surface area contributed by atoms with E-state index < -0.39 is 46.7 Å². The van der Waals surface area contributed by atoms with E-state index in [2.05, 4.69) is 9.97 Å². The monoisotopic (exact) mass is 603 g/mol. The summed E-state index contributed by atoms with van der Waals surface area (Å²) in [5.41, 5.74) is -4.29. The van der Waals surface area contributed by atoms with Gasteiger partial charge in [-0.25, -0.2) is 0 Å². The Labute approximate surface area is 225 Å². The molecule has 0 bridgehead atoms.